The molecule has 9 heteroatoms. The SMILES string of the molecule is Cc1cc(O[C@@H]2CC(C(=O)O)N(C(=O)[C@@H](NC(=O)OC(C)(C)C)C(C)(C)C)C2)cc(-c2ccccc2)n1. The number of carbonyl (C=O) groups excluding carboxylic acids is 2. The molecule has 2 aromatic rings. The Labute approximate surface area is 218 Å². The summed E-state index contributed by atoms with van der Waals surface area (Å²) in [5.41, 5.74) is 0.997. The summed E-state index contributed by atoms with van der Waals surface area (Å²) in [6, 6.07) is 11.2. The fourth-order valence-corrected chi connectivity index (χ4v) is 4.25. The number of amides is 2. The lowest BCUT2D eigenvalue weighted by Gasteiger charge is -2.35. The molecule has 37 heavy (non-hydrogen) atoms. The van der Waals surface area contributed by atoms with Crippen molar-refractivity contribution in [1.29, 1.82) is 0 Å². The first-order valence-corrected chi connectivity index (χ1v) is 12.4. The van der Waals surface area contributed by atoms with Crippen LogP contribution in [0.1, 0.15) is 53.7 Å². The van der Waals surface area contributed by atoms with E-state index < -0.39 is 47.2 Å². The molecule has 2 amide bonds. The van der Waals surface area contributed by atoms with Gasteiger partial charge < -0.3 is 24.8 Å². The number of aromatic nitrogens is 1. The van der Waals surface area contributed by atoms with Gasteiger partial charge in [-0.25, -0.2) is 9.59 Å². The highest BCUT2D eigenvalue weighted by Crippen LogP contribution is 2.30. The van der Waals surface area contributed by atoms with Gasteiger partial charge in [-0.3, -0.25) is 9.78 Å². The van der Waals surface area contributed by atoms with Crippen LogP contribution in [0.3, 0.4) is 0 Å². The Morgan fingerprint density at radius 3 is 2.30 bits per heavy atom. The number of rotatable bonds is 6. The summed E-state index contributed by atoms with van der Waals surface area (Å²) in [6.07, 6.45) is -1.16. The molecule has 0 radical (unpaired) electrons. The Bertz CT molecular complexity index is 1140. The molecule has 0 saturated carbocycles. The van der Waals surface area contributed by atoms with E-state index in [1.807, 2.05) is 43.3 Å². The van der Waals surface area contributed by atoms with Gasteiger partial charge >= 0.3 is 12.1 Å². The Morgan fingerprint density at radius 1 is 1.08 bits per heavy atom. The normalized spacial score (nSPS) is 18.7. The Morgan fingerprint density at radius 2 is 1.73 bits per heavy atom. The zero-order valence-electron chi connectivity index (χ0n) is 22.6. The Kier molecular flexibility index (Phi) is 8.15. The van der Waals surface area contributed by atoms with Crippen molar-refractivity contribution in [3.05, 3.63) is 48.2 Å². The predicted molar refractivity (Wildman–Crippen MR) is 139 cm³/mol. The van der Waals surface area contributed by atoms with Crippen LogP contribution in [0.15, 0.2) is 42.5 Å². The first-order chi connectivity index (χ1) is 17.1. The number of carbonyl (C=O) groups is 3. The van der Waals surface area contributed by atoms with Crippen LogP contribution in [-0.2, 0) is 14.3 Å². The minimum Gasteiger partial charge on any atom is -0.488 e. The van der Waals surface area contributed by atoms with Crippen molar-refractivity contribution in [2.75, 3.05) is 6.54 Å². The number of pyridine rings is 1. The lowest BCUT2D eigenvalue weighted by molar-refractivity contribution is -0.150. The highest BCUT2D eigenvalue weighted by atomic mass is 16.6. The van der Waals surface area contributed by atoms with Gasteiger partial charge in [0.25, 0.3) is 0 Å². The number of hydrogen-bond donors (Lipinski definition) is 2. The van der Waals surface area contributed by atoms with Crippen LogP contribution >= 0.6 is 0 Å². The molecule has 0 bridgehead atoms. The molecule has 1 unspecified atom stereocenters. The molecule has 3 atom stereocenters. The number of likely N-dealkylation sites (tertiary alicyclic amines) is 1. The van der Waals surface area contributed by atoms with Gasteiger partial charge in [0.2, 0.25) is 5.91 Å². The Hall–Kier alpha value is -3.62. The summed E-state index contributed by atoms with van der Waals surface area (Å²) < 4.78 is 11.5. The summed E-state index contributed by atoms with van der Waals surface area (Å²) in [6.45, 7) is 12.5. The molecule has 1 aliphatic heterocycles. The number of alkyl carbamates (subject to hydrolysis) is 1. The summed E-state index contributed by atoms with van der Waals surface area (Å²) >= 11 is 0. The van der Waals surface area contributed by atoms with E-state index in [1.165, 1.54) is 4.90 Å². The molecule has 1 aromatic heterocycles. The summed E-state index contributed by atoms with van der Waals surface area (Å²) in [5, 5.41) is 12.6. The second-order valence-electron chi connectivity index (χ2n) is 11.5. The van der Waals surface area contributed by atoms with Crippen molar-refractivity contribution < 1.29 is 29.0 Å². The van der Waals surface area contributed by atoms with Gasteiger partial charge in [-0.05, 0) is 33.1 Å². The molecule has 200 valence electrons. The lowest BCUT2D eigenvalue weighted by atomic mass is 9.85. The van der Waals surface area contributed by atoms with Crippen LogP contribution in [0.4, 0.5) is 4.79 Å². The smallest absolute Gasteiger partial charge is 0.408 e. The van der Waals surface area contributed by atoms with E-state index in [-0.39, 0.29) is 13.0 Å². The van der Waals surface area contributed by atoms with Crippen LogP contribution in [0.2, 0.25) is 0 Å². The van der Waals surface area contributed by atoms with E-state index in [4.69, 9.17) is 9.47 Å². The van der Waals surface area contributed by atoms with Crippen LogP contribution in [0.5, 0.6) is 5.75 Å². The topological polar surface area (TPSA) is 118 Å². The van der Waals surface area contributed by atoms with Crippen molar-refractivity contribution in [2.24, 2.45) is 5.41 Å². The number of carboxylic acids is 1. The van der Waals surface area contributed by atoms with E-state index in [2.05, 4.69) is 10.3 Å². The van der Waals surface area contributed by atoms with Gasteiger partial charge in [-0.1, -0.05) is 51.1 Å². The average Bonchev–Trinajstić information content (AvgIpc) is 3.19. The second-order valence-corrected chi connectivity index (χ2v) is 11.5. The summed E-state index contributed by atoms with van der Waals surface area (Å²) in [5.74, 6) is -1.07. The zero-order chi connectivity index (χ0) is 27.5. The summed E-state index contributed by atoms with van der Waals surface area (Å²) in [7, 11) is 0. The number of ether oxygens (including phenoxy) is 2. The molecular weight excluding hydrogens is 474 g/mol. The van der Waals surface area contributed by atoms with Crippen LogP contribution in [0, 0.1) is 12.3 Å². The number of aliphatic carboxylic acids is 1. The van der Waals surface area contributed by atoms with E-state index >= 15 is 0 Å². The van der Waals surface area contributed by atoms with Crippen molar-refractivity contribution in [3.8, 4) is 17.0 Å². The van der Waals surface area contributed by atoms with Crippen LogP contribution in [0.25, 0.3) is 11.3 Å². The lowest BCUT2D eigenvalue weighted by Crippen LogP contribution is -2.57. The van der Waals surface area contributed by atoms with Gasteiger partial charge in [-0.15, -0.1) is 0 Å². The van der Waals surface area contributed by atoms with Gasteiger partial charge in [-0.2, -0.15) is 0 Å². The quantitative estimate of drug-likeness (QED) is 0.589. The van der Waals surface area contributed by atoms with Gasteiger partial charge in [0.15, 0.2) is 0 Å². The molecule has 1 saturated heterocycles. The molecule has 1 aliphatic rings. The largest absolute Gasteiger partial charge is 0.488 e. The third kappa shape index (κ3) is 7.44. The standard InChI is InChI=1S/C28H37N3O6/c1-17-13-19(14-21(29-17)18-11-9-8-10-12-18)36-20-15-22(25(33)34)31(16-20)24(32)23(27(2,3)4)30-26(35)37-28(5,6)7/h8-14,20,22-23H,15-16H2,1-7H3,(H,30,35)(H,33,34)/t20-,22?,23-/m1/s1. The molecule has 1 fully saturated rings. The average molecular weight is 512 g/mol. The first kappa shape index (κ1) is 28.0. The monoisotopic (exact) mass is 511 g/mol. The maximum atomic E-state index is 13.6. The van der Waals surface area contributed by atoms with E-state index in [0.717, 1.165) is 17.0 Å². The molecule has 3 rings (SSSR count). The second kappa shape index (κ2) is 10.8. The highest BCUT2D eigenvalue weighted by Gasteiger charge is 2.46. The molecule has 0 spiro atoms. The van der Waals surface area contributed by atoms with Gasteiger partial charge in [0, 0.05) is 29.8 Å². The van der Waals surface area contributed by atoms with Crippen molar-refractivity contribution in [3.63, 3.8) is 0 Å². The maximum absolute atomic E-state index is 13.6. The van der Waals surface area contributed by atoms with E-state index in [0.29, 0.717) is 5.75 Å². The van der Waals surface area contributed by atoms with Crippen LogP contribution < -0.4 is 10.1 Å². The molecule has 0 aliphatic carbocycles. The molecule has 9 nitrogen and oxygen atoms in total. The number of benzene rings is 1. The fourth-order valence-electron chi connectivity index (χ4n) is 4.25. The number of carboxylic acid groups (broad SMARTS) is 1. The predicted octanol–water partition coefficient (Wildman–Crippen LogP) is 4.43. The first-order valence-electron chi connectivity index (χ1n) is 12.4. The minimum atomic E-state index is -1.12. The zero-order valence-corrected chi connectivity index (χ0v) is 22.6. The van der Waals surface area contributed by atoms with E-state index in [9.17, 15) is 19.5 Å². The molecule has 2 N–H and O–H groups in total. The molecule has 1 aromatic carbocycles. The summed E-state index contributed by atoms with van der Waals surface area (Å²) in [4.78, 5) is 44.1. The number of hydrogen-bond acceptors (Lipinski definition) is 6. The molecule has 2 heterocycles. The highest BCUT2D eigenvalue weighted by molar-refractivity contribution is 5.90. The van der Waals surface area contributed by atoms with Crippen molar-refractivity contribution in [1.82, 2.24) is 15.2 Å². The van der Waals surface area contributed by atoms with Crippen LogP contribution in [-0.4, -0.2) is 63.3 Å². The molecular formula is C28H37N3O6. The van der Waals surface area contributed by atoms with Gasteiger partial charge in [0.1, 0.15) is 29.5 Å². The minimum absolute atomic E-state index is 0.0699. The van der Waals surface area contributed by atoms with Gasteiger partial charge in [0.05, 0.1) is 12.2 Å². The van der Waals surface area contributed by atoms with Crippen molar-refractivity contribution >= 4 is 18.0 Å². The van der Waals surface area contributed by atoms with E-state index in [1.54, 1.807) is 47.6 Å². The third-order valence-corrected chi connectivity index (χ3v) is 5.90. The third-order valence-electron chi connectivity index (χ3n) is 5.90. The fraction of sp³-hybridized carbons (Fsp3) is 0.500. The number of nitrogens with one attached hydrogen (secondary N) is 1. The van der Waals surface area contributed by atoms with Crippen molar-refractivity contribution in [2.45, 2.75) is 78.7 Å². The number of nitrogens with zero attached hydrogens (tertiary/aromatic N) is 2. The Balaban J connectivity index is 1.81. The maximum Gasteiger partial charge on any atom is 0.408 e. The number of aryl methyl sites for hydroxylation is 1.